The zero-order valence-electron chi connectivity index (χ0n) is 15.4. The van der Waals surface area contributed by atoms with Gasteiger partial charge in [-0.1, -0.05) is 20.8 Å². The molecule has 0 atom stereocenters. The topological polar surface area (TPSA) is 49.0 Å². The molecule has 0 radical (unpaired) electrons. The number of alkyl halides is 3. The normalized spacial score (nSPS) is 15.7. The van der Waals surface area contributed by atoms with E-state index in [1.165, 1.54) is 0 Å². The second-order valence-electron chi connectivity index (χ2n) is 7.85. The van der Waals surface area contributed by atoms with Crippen molar-refractivity contribution in [2.45, 2.75) is 51.9 Å². The molecule has 0 spiro atoms. The molecule has 0 saturated carbocycles. The Hall–Kier alpha value is -2.22. The van der Waals surface area contributed by atoms with Gasteiger partial charge in [0, 0.05) is 36.2 Å². The summed E-state index contributed by atoms with van der Waals surface area (Å²) in [5.74, 6) is -0.124. The van der Waals surface area contributed by atoms with Crippen molar-refractivity contribution in [3.8, 4) is 0 Å². The van der Waals surface area contributed by atoms with Crippen molar-refractivity contribution in [2.24, 2.45) is 0 Å². The van der Waals surface area contributed by atoms with Gasteiger partial charge in [-0.2, -0.15) is 13.2 Å². The lowest BCUT2D eigenvalue weighted by Crippen LogP contribution is -2.36. The number of fused-ring (bicyclic) bond motifs is 1. The first-order valence-corrected chi connectivity index (χ1v) is 8.65. The van der Waals surface area contributed by atoms with Gasteiger partial charge in [-0.05, 0) is 24.6 Å². The lowest BCUT2D eigenvalue weighted by Gasteiger charge is -2.29. The van der Waals surface area contributed by atoms with Crippen molar-refractivity contribution in [1.82, 2.24) is 14.9 Å². The Morgan fingerprint density at radius 3 is 2.56 bits per heavy atom. The largest absolute Gasteiger partial charge is 0.416 e. The first-order chi connectivity index (χ1) is 12.4. The van der Waals surface area contributed by atoms with Gasteiger partial charge in [-0.25, -0.2) is 9.37 Å². The van der Waals surface area contributed by atoms with Crippen LogP contribution in [0.25, 0.3) is 0 Å². The van der Waals surface area contributed by atoms with Crippen LogP contribution in [0.3, 0.4) is 0 Å². The second-order valence-corrected chi connectivity index (χ2v) is 7.85. The Morgan fingerprint density at radius 1 is 1.22 bits per heavy atom. The fraction of sp³-hybridized carbons (Fsp3) is 0.474. The van der Waals surface area contributed by atoms with E-state index in [0.717, 1.165) is 18.2 Å². The van der Waals surface area contributed by atoms with Gasteiger partial charge < -0.3 is 4.98 Å². The summed E-state index contributed by atoms with van der Waals surface area (Å²) >= 11 is 0. The molecule has 4 nitrogen and oxygen atoms in total. The van der Waals surface area contributed by atoms with Gasteiger partial charge in [-0.3, -0.25) is 9.69 Å². The molecule has 3 rings (SSSR count). The maximum absolute atomic E-state index is 14.0. The quantitative estimate of drug-likeness (QED) is 0.803. The molecule has 146 valence electrons. The minimum Gasteiger partial charge on any atom is -0.310 e. The molecular weight excluding hydrogens is 362 g/mol. The molecule has 1 aliphatic rings. The molecule has 0 fully saturated rings. The lowest BCUT2D eigenvalue weighted by molar-refractivity contribution is -0.137. The van der Waals surface area contributed by atoms with Crippen molar-refractivity contribution < 1.29 is 17.6 Å². The van der Waals surface area contributed by atoms with Crippen LogP contribution >= 0.6 is 0 Å². The molecule has 0 aliphatic carbocycles. The summed E-state index contributed by atoms with van der Waals surface area (Å²) in [4.78, 5) is 21.5. The van der Waals surface area contributed by atoms with Crippen molar-refractivity contribution in [3.63, 3.8) is 0 Å². The molecule has 1 aliphatic heterocycles. The third-order valence-corrected chi connectivity index (χ3v) is 4.63. The molecule has 2 heterocycles. The lowest BCUT2D eigenvalue weighted by atomic mass is 9.95. The highest BCUT2D eigenvalue weighted by molar-refractivity contribution is 5.28. The van der Waals surface area contributed by atoms with Gasteiger partial charge in [0.05, 0.1) is 11.3 Å². The minimum atomic E-state index is -4.52. The van der Waals surface area contributed by atoms with Crippen LogP contribution in [0.1, 0.15) is 49.0 Å². The van der Waals surface area contributed by atoms with E-state index in [-0.39, 0.29) is 29.6 Å². The summed E-state index contributed by atoms with van der Waals surface area (Å²) < 4.78 is 52.7. The molecule has 2 aromatic rings. The van der Waals surface area contributed by atoms with Crippen molar-refractivity contribution >= 4 is 0 Å². The van der Waals surface area contributed by atoms with E-state index < -0.39 is 17.6 Å². The summed E-state index contributed by atoms with van der Waals surface area (Å²) in [6.07, 6.45) is -4.10. The monoisotopic (exact) mass is 383 g/mol. The number of aromatic amines is 1. The first-order valence-electron chi connectivity index (χ1n) is 8.65. The Morgan fingerprint density at radius 2 is 1.93 bits per heavy atom. The molecule has 1 aromatic carbocycles. The third-order valence-electron chi connectivity index (χ3n) is 4.63. The number of benzene rings is 1. The molecular formula is C19H21F4N3O. The Kier molecular flexibility index (Phi) is 4.88. The van der Waals surface area contributed by atoms with E-state index in [2.05, 4.69) is 9.97 Å². The highest BCUT2D eigenvalue weighted by Gasteiger charge is 2.31. The third kappa shape index (κ3) is 4.21. The zero-order chi connectivity index (χ0) is 20.0. The van der Waals surface area contributed by atoms with Crippen LogP contribution in [-0.2, 0) is 31.1 Å². The summed E-state index contributed by atoms with van der Waals surface area (Å²) in [6.45, 7) is 6.54. The molecule has 0 amide bonds. The molecule has 8 heteroatoms. The summed E-state index contributed by atoms with van der Waals surface area (Å²) in [6, 6.07) is 2.43. The predicted octanol–water partition coefficient (Wildman–Crippen LogP) is 3.78. The van der Waals surface area contributed by atoms with Gasteiger partial charge in [-0.15, -0.1) is 0 Å². The smallest absolute Gasteiger partial charge is 0.310 e. The van der Waals surface area contributed by atoms with Gasteiger partial charge in [0.25, 0.3) is 5.56 Å². The molecule has 27 heavy (non-hydrogen) atoms. The van der Waals surface area contributed by atoms with Gasteiger partial charge in [0.1, 0.15) is 11.6 Å². The van der Waals surface area contributed by atoms with Crippen LogP contribution in [0.15, 0.2) is 23.0 Å². The molecule has 0 bridgehead atoms. The summed E-state index contributed by atoms with van der Waals surface area (Å²) in [5.41, 5.74) is -0.236. The average Bonchev–Trinajstić information content (AvgIpc) is 2.54. The average molecular weight is 383 g/mol. The second kappa shape index (κ2) is 6.74. The molecule has 0 unspecified atom stereocenters. The predicted molar refractivity (Wildman–Crippen MR) is 92.8 cm³/mol. The highest BCUT2D eigenvalue weighted by atomic mass is 19.4. The van der Waals surface area contributed by atoms with Crippen LogP contribution in [0, 0.1) is 5.82 Å². The molecule has 1 N–H and O–H groups in total. The maximum Gasteiger partial charge on any atom is 0.416 e. The Bertz CT molecular complexity index is 913. The number of hydrogen-bond donors (Lipinski definition) is 1. The minimum absolute atomic E-state index is 0.0193. The number of hydrogen-bond acceptors (Lipinski definition) is 3. The van der Waals surface area contributed by atoms with E-state index >= 15 is 0 Å². The number of halogens is 4. The fourth-order valence-electron chi connectivity index (χ4n) is 3.10. The first kappa shape index (κ1) is 19.5. The van der Waals surface area contributed by atoms with Gasteiger partial charge in [0.2, 0.25) is 0 Å². The van der Waals surface area contributed by atoms with Crippen LogP contribution in [0.4, 0.5) is 17.6 Å². The zero-order valence-corrected chi connectivity index (χ0v) is 15.4. The van der Waals surface area contributed by atoms with E-state index in [0.29, 0.717) is 30.0 Å². The number of nitrogens with one attached hydrogen (secondary N) is 1. The van der Waals surface area contributed by atoms with Crippen LogP contribution in [-0.4, -0.2) is 21.4 Å². The molecule has 1 aromatic heterocycles. The number of H-pyrrole nitrogens is 1. The maximum atomic E-state index is 14.0. The summed E-state index contributed by atoms with van der Waals surface area (Å²) in [5, 5.41) is 0. The van der Waals surface area contributed by atoms with E-state index in [1.54, 1.807) is 4.90 Å². The van der Waals surface area contributed by atoms with E-state index in [4.69, 9.17) is 0 Å². The van der Waals surface area contributed by atoms with Crippen molar-refractivity contribution in [1.29, 1.82) is 0 Å². The van der Waals surface area contributed by atoms with Crippen LogP contribution < -0.4 is 5.56 Å². The molecule has 0 saturated heterocycles. The van der Waals surface area contributed by atoms with Gasteiger partial charge >= 0.3 is 6.18 Å². The fourth-order valence-corrected chi connectivity index (χ4v) is 3.10. The number of nitrogens with zero attached hydrogens (tertiary/aromatic N) is 2. The van der Waals surface area contributed by atoms with Crippen LogP contribution in [0.2, 0.25) is 0 Å². The standard InChI is InChI=1S/C19H21F4N3O/c1-18(2,3)17-24-15-10-26(7-6-13(15)16(27)25-17)9-11-8-12(19(21,22)23)4-5-14(11)20/h4-5,8H,6-7,9-10H2,1-3H3,(H,24,25,27). The van der Waals surface area contributed by atoms with E-state index in [9.17, 15) is 22.4 Å². The highest BCUT2D eigenvalue weighted by Crippen LogP contribution is 2.31. The van der Waals surface area contributed by atoms with Crippen LogP contribution in [0.5, 0.6) is 0 Å². The SMILES string of the molecule is CC(C)(C)c1nc2c(c(=O)[nH]1)CCN(Cc1cc(C(F)(F)F)ccc1F)C2. The van der Waals surface area contributed by atoms with E-state index in [1.807, 2.05) is 20.8 Å². The number of rotatable bonds is 2. The van der Waals surface area contributed by atoms with Crippen molar-refractivity contribution in [2.75, 3.05) is 6.54 Å². The summed E-state index contributed by atoms with van der Waals surface area (Å²) in [7, 11) is 0. The van der Waals surface area contributed by atoms with Crippen molar-refractivity contribution in [3.05, 3.63) is 62.6 Å². The number of aromatic nitrogens is 2. The van der Waals surface area contributed by atoms with Gasteiger partial charge in [0.15, 0.2) is 0 Å². The Labute approximate surface area is 154 Å². The Balaban J connectivity index is 1.87.